The molecule has 1 heterocycles. The number of nitrogens with zero attached hydrogens (tertiary/aromatic N) is 1. The summed E-state index contributed by atoms with van der Waals surface area (Å²) in [7, 11) is 1.31. The number of carbonyl (C=O) groups excluding carboxylic acids is 2. The van der Waals surface area contributed by atoms with E-state index >= 15 is 0 Å². The molecule has 0 aliphatic heterocycles. The fourth-order valence-electron chi connectivity index (χ4n) is 3.25. The second-order valence-corrected chi connectivity index (χ2v) is 5.61. The van der Waals surface area contributed by atoms with Crippen LogP contribution in [0, 0.1) is 17.8 Å². The summed E-state index contributed by atoms with van der Waals surface area (Å²) in [4.78, 5) is 28.5. The van der Waals surface area contributed by atoms with Crippen molar-refractivity contribution in [3.8, 4) is 0 Å². The van der Waals surface area contributed by atoms with Gasteiger partial charge in [-0.15, -0.1) is 0 Å². The van der Waals surface area contributed by atoms with Gasteiger partial charge in [-0.05, 0) is 36.8 Å². The Labute approximate surface area is 123 Å². The summed E-state index contributed by atoms with van der Waals surface area (Å²) in [6.07, 6.45) is 7.81. The van der Waals surface area contributed by atoms with Crippen molar-refractivity contribution < 1.29 is 14.3 Å². The average molecular weight is 286 g/mol. The molecule has 2 aliphatic carbocycles. The lowest BCUT2D eigenvalue weighted by atomic mass is 9.92. The van der Waals surface area contributed by atoms with Crippen LogP contribution in [0.5, 0.6) is 0 Å². The lowest BCUT2D eigenvalue weighted by Gasteiger charge is -2.21. The van der Waals surface area contributed by atoms with E-state index < -0.39 is 12.0 Å². The molecular weight excluding hydrogens is 268 g/mol. The molecule has 21 heavy (non-hydrogen) atoms. The number of nitrogens with one attached hydrogen (secondary N) is 1. The molecule has 1 aromatic rings. The Hall–Kier alpha value is -2.17. The van der Waals surface area contributed by atoms with Gasteiger partial charge < -0.3 is 10.1 Å². The molecule has 0 unspecified atom stereocenters. The van der Waals surface area contributed by atoms with E-state index in [0.29, 0.717) is 17.5 Å². The summed E-state index contributed by atoms with van der Waals surface area (Å²) in [6.45, 7) is 0. The Morgan fingerprint density at radius 3 is 2.76 bits per heavy atom. The smallest absolute Gasteiger partial charge is 0.334 e. The maximum Gasteiger partial charge on any atom is 0.334 e. The van der Waals surface area contributed by atoms with Crippen LogP contribution in [0.1, 0.15) is 24.6 Å². The highest BCUT2D eigenvalue weighted by Crippen LogP contribution is 2.43. The SMILES string of the molecule is COC(=O)[C@H](NC(=O)[C@@H]1C[C@H]2C=C[C@H]1C2)c1ccccn1. The number of pyridine rings is 1. The first-order chi connectivity index (χ1) is 10.2. The fourth-order valence-corrected chi connectivity index (χ4v) is 3.25. The number of esters is 1. The Balaban J connectivity index is 1.74. The van der Waals surface area contributed by atoms with Crippen LogP contribution in [0.3, 0.4) is 0 Å². The van der Waals surface area contributed by atoms with Crippen LogP contribution in [0.2, 0.25) is 0 Å². The molecule has 0 aromatic carbocycles. The minimum absolute atomic E-state index is 0.0455. The van der Waals surface area contributed by atoms with Gasteiger partial charge in [-0.25, -0.2) is 4.79 Å². The molecule has 2 bridgehead atoms. The minimum Gasteiger partial charge on any atom is -0.467 e. The van der Waals surface area contributed by atoms with Gasteiger partial charge in [0.15, 0.2) is 6.04 Å². The van der Waals surface area contributed by atoms with E-state index in [1.54, 1.807) is 24.4 Å². The third-order valence-corrected chi connectivity index (χ3v) is 4.32. The molecule has 1 fully saturated rings. The van der Waals surface area contributed by atoms with Crippen LogP contribution < -0.4 is 5.32 Å². The number of amides is 1. The first-order valence-corrected chi connectivity index (χ1v) is 7.16. The number of methoxy groups -OCH3 is 1. The summed E-state index contributed by atoms with van der Waals surface area (Å²) < 4.78 is 4.78. The number of allylic oxidation sites excluding steroid dienone is 2. The summed E-state index contributed by atoms with van der Waals surface area (Å²) in [5.41, 5.74) is 0.497. The van der Waals surface area contributed by atoms with Crippen LogP contribution in [0.4, 0.5) is 0 Å². The van der Waals surface area contributed by atoms with Crippen LogP contribution in [0.15, 0.2) is 36.5 Å². The van der Waals surface area contributed by atoms with Gasteiger partial charge in [0, 0.05) is 12.1 Å². The summed E-state index contributed by atoms with van der Waals surface area (Å²) in [5, 5.41) is 2.80. The van der Waals surface area contributed by atoms with Crippen molar-refractivity contribution in [2.75, 3.05) is 7.11 Å². The van der Waals surface area contributed by atoms with E-state index in [1.165, 1.54) is 7.11 Å². The molecule has 2 aliphatic rings. The summed E-state index contributed by atoms with van der Waals surface area (Å²) in [5.74, 6) is 0.179. The molecular formula is C16H18N2O3. The Kier molecular flexibility index (Phi) is 3.73. The maximum absolute atomic E-state index is 12.5. The van der Waals surface area contributed by atoms with Gasteiger partial charge in [-0.3, -0.25) is 9.78 Å². The van der Waals surface area contributed by atoms with Crippen LogP contribution in [0.25, 0.3) is 0 Å². The molecule has 1 amide bonds. The quantitative estimate of drug-likeness (QED) is 0.674. The molecule has 0 radical (unpaired) electrons. The maximum atomic E-state index is 12.5. The van der Waals surface area contributed by atoms with Gasteiger partial charge in [0.05, 0.1) is 12.8 Å². The van der Waals surface area contributed by atoms with Gasteiger partial charge in [0.2, 0.25) is 5.91 Å². The number of carbonyl (C=O) groups is 2. The van der Waals surface area contributed by atoms with E-state index in [2.05, 4.69) is 22.5 Å². The predicted octanol–water partition coefficient (Wildman–Crippen LogP) is 1.62. The molecule has 5 heteroatoms. The summed E-state index contributed by atoms with van der Waals surface area (Å²) in [6, 6.07) is 4.42. The van der Waals surface area contributed by atoms with Gasteiger partial charge in [0.25, 0.3) is 0 Å². The van der Waals surface area contributed by atoms with Crippen molar-refractivity contribution in [1.82, 2.24) is 10.3 Å². The monoisotopic (exact) mass is 286 g/mol. The number of hydrogen-bond donors (Lipinski definition) is 1. The molecule has 1 aromatic heterocycles. The number of hydrogen-bond acceptors (Lipinski definition) is 4. The first kappa shape index (κ1) is 13.8. The topological polar surface area (TPSA) is 68.3 Å². The van der Waals surface area contributed by atoms with Gasteiger partial charge in [-0.1, -0.05) is 18.2 Å². The average Bonchev–Trinajstić information content (AvgIpc) is 3.15. The minimum atomic E-state index is -0.841. The highest BCUT2D eigenvalue weighted by atomic mass is 16.5. The molecule has 1 N–H and O–H groups in total. The molecule has 4 atom stereocenters. The number of aromatic nitrogens is 1. The zero-order chi connectivity index (χ0) is 14.8. The van der Waals surface area contributed by atoms with E-state index in [0.717, 1.165) is 12.8 Å². The zero-order valence-electron chi connectivity index (χ0n) is 11.9. The van der Waals surface area contributed by atoms with Crippen molar-refractivity contribution in [2.45, 2.75) is 18.9 Å². The van der Waals surface area contributed by atoms with Crippen LogP contribution in [-0.2, 0) is 14.3 Å². The van der Waals surface area contributed by atoms with Gasteiger partial charge in [-0.2, -0.15) is 0 Å². The van der Waals surface area contributed by atoms with Gasteiger partial charge >= 0.3 is 5.97 Å². The predicted molar refractivity (Wildman–Crippen MR) is 76.0 cm³/mol. The number of fused-ring (bicyclic) bond motifs is 2. The standard InChI is InChI=1S/C16H18N2O3/c1-21-16(20)14(13-4-2-3-7-17-13)18-15(19)12-9-10-5-6-11(12)8-10/h2-7,10-12,14H,8-9H2,1H3,(H,18,19)/t10-,11-,12+,14+/m0/s1. The largest absolute Gasteiger partial charge is 0.467 e. The van der Waals surface area contributed by atoms with Crippen molar-refractivity contribution in [3.63, 3.8) is 0 Å². The molecule has 0 spiro atoms. The van der Waals surface area contributed by atoms with Gasteiger partial charge in [0.1, 0.15) is 0 Å². The molecule has 0 saturated heterocycles. The van der Waals surface area contributed by atoms with Crippen molar-refractivity contribution in [1.29, 1.82) is 0 Å². The Bertz CT molecular complexity index is 570. The molecule has 110 valence electrons. The highest BCUT2D eigenvalue weighted by Gasteiger charge is 2.41. The van der Waals surface area contributed by atoms with Crippen LogP contribution >= 0.6 is 0 Å². The Morgan fingerprint density at radius 1 is 1.33 bits per heavy atom. The zero-order valence-corrected chi connectivity index (χ0v) is 11.9. The third-order valence-electron chi connectivity index (χ3n) is 4.32. The van der Waals surface area contributed by atoms with E-state index in [4.69, 9.17) is 4.74 Å². The van der Waals surface area contributed by atoms with E-state index in [1.807, 2.05) is 0 Å². The molecule has 1 saturated carbocycles. The first-order valence-electron chi connectivity index (χ1n) is 7.16. The number of ether oxygens (including phenoxy) is 1. The normalized spacial score (nSPS) is 27.4. The number of rotatable bonds is 4. The summed E-state index contributed by atoms with van der Waals surface area (Å²) >= 11 is 0. The fraction of sp³-hybridized carbons (Fsp3) is 0.438. The molecule has 3 rings (SSSR count). The van der Waals surface area contributed by atoms with Crippen molar-refractivity contribution in [2.24, 2.45) is 17.8 Å². The Morgan fingerprint density at radius 2 is 2.19 bits per heavy atom. The third kappa shape index (κ3) is 2.68. The second-order valence-electron chi connectivity index (χ2n) is 5.61. The van der Waals surface area contributed by atoms with Crippen molar-refractivity contribution >= 4 is 11.9 Å². The highest BCUT2D eigenvalue weighted by molar-refractivity contribution is 5.87. The second kappa shape index (κ2) is 5.68. The van der Waals surface area contributed by atoms with E-state index in [9.17, 15) is 9.59 Å². The van der Waals surface area contributed by atoms with Crippen LogP contribution in [-0.4, -0.2) is 24.0 Å². The molecule has 5 nitrogen and oxygen atoms in total. The lowest BCUT2D eigenvalue weighted by Crippen LogP contribution is -2.39. The van der Waals surface area contributed by atoms with E-state index in [-0.39, 0.29) is 11.8 Å². The lowest BCUT2D eigenvalue weighted by molar-refractivity contribution is -0.146. The van der Waals surface area contributed by atoms with Crippen molar-refractivity contribution in [3.05, 3.63) is 42.2 Å².